The van der Waals surface area contributed by atoms with Gasteiger partial charge in [-0.15, -0.1) is 0 Å². The molecule has 154 valence electrons. The van der Waals surface area contributed by atoms with Gasteiger partial charge in [0.25, 0.3) is 0 Å². The Kier molecular flexibility index (Phi) is 5.94. The van der Waals surface area contributed by atoms with Gasteiger partial charge in [-0.3, -0.25) is 4.79 Å². The minimum absolute atomic E-state index is 0.217. The standard InChI is InChI=1S/C26H21NO4/c1-2-30-26(29)22(23-17-27-24-11-7-6-10-21(23)24)16-25(28)18-12-14-20(15-13-18)31-19-8-4-3-5-9-19/h3-17,27H,2H2,1H3/b22-16+. The predicted octanol–water partition coefficient (Wildman–Crippen LogP) is 5.79. The number of carbonyl (C=O) groups is 2. The lowest BCUT2D eigenvalue weighted by molar-refractivity contribution is -0.136. The number of para-hydroxylation sites is 2. The number of rotatable bonds is 7. The van der Waals surface area contributed by atoms with E-state index < -0.39 is 5.97 Å². The van der Waals surface area contributed by atoms with Crippen molar-refractivity contribution >= 4 is 28.2 Å². The van der Waals surface area contributed by atoms with Crippen LogP contribution in [0.5, 0.6) is 11.5 Å². The molecule has 0 unspecified atom stereocenters. The second-order valence-electron chi connectivity index (χ2n) is 6.83. The topological polar surface area (TPSA) is 68.4 Å². The summed E-state index contributed by atoms with van der Waals surface area (Å²) in [6.07, 6.45) is 3.05. The Balaban J connectivity index is 1.63. The Hall–Kier alpha value is -4.12. The summed E-state index contributed by atoms with van der Waals surface area (Å²) in [6.45, 7) is 1.95. The molecule has 0 saturated heterocycles. The molecule has 0 aliphatic rings. The summed E-state index contributed by atoms with van der Waals surface area (Å²) < 4.78 is 11.0. The summed E-state index contributed by atoms with van der Waals surface area (Å²) in [6, 6.07) is 23.8. The van der Waals surface area contributed by atoms with Gasteiger partial charge in [0.05, 0.1) is 12.2 Å². The average Bonchev–Trinajstić information content (AvgIpc) is 3.22. The van der Waals surface area contributed by atoms with Crippen LogP contribution in [0.3, 0.4) is 0 Å². The number of nitrogens with one attached hydrogen (secondary N) is 1. The Morgan fingerprint density at radius 1 is 0.871 bits per heavy atom. The van der Waals surface area contributed by atoms with E-state index in [1.165, 1.54) is 6.08 Å². The van der Waals surface area contributed by atoms with Gasteiger partial charge in [0.1, 0.15) is 11.5 Å². The zero-order valence-corrected chi connectivity index (χ0v) is 17.0. The number of hydrogen-bond donors (Lipinski definition) is 1. The SMILES string of the molecule is CCOC(=O)/C(=C/C(=O)c1ccc(Oc2ccccc2)cc1)c1c[nH]c2ccccc12. The molecule has 5 nitrogen and oxygen atoms in total. The van der Waals surface area contributed by atoms with E-state index in [0.717, 1.165) is 10.9 Å². The first kappa shape index (κ1) is 20.2. The first-order valence-corrected chi connectivity index (χ1v) is 9.98. The van der Waals surface area contributed by atoms with Gasteiger partial charge in [0.15, 0.2) is 5.78 Å². The third-order valence-electron chi connectivity index (χ3n) is 4.77. The zero-order chi connectivity index (χ0) is 21.6. The molecule has 3 aromatic carbocycles. The van der Waals surface area contributed by atoms with Crippen LogP contribution in [0.15, 0.2) is 91.1 Å². The molecule has 0 atom stereocenters. The maximum absolute atomic E-state index is 12.9. The second kappa shape index (κ2) is 9.13. The van der Waals surface area contributed by atoms with Gasteiger partial charge in [-0.2, -0.15) is 0 Å². The minimum atomic E-state index is -0.537. The lowest BCUT2D eigenvalue weighted by atomic mass is 10.0. The molecule has 4 rings (SSSR count). The highest BCUT2D eigenvalue weighted by atomic mass is 16.5. The first-order chi connectivity index (χ1) is 15.2. The molecule has 5 heteroatoms. The second-order valence-corrected chi connectivity index (χ2v) is 6.83. The van der Waals surface area contributed by atoms with Crippen LogP contribution in [0, 0.1) is 0 Å². The van der Waals surface area contributed by atoms with Gasteiger partial charge in [0.2, 0.25) is 0 Å². The number of ether oxygens (including phenoxy) is 2. The maximum atomic E-state index is 12.9. The zero-order valence-electron chi connectivity index (χ0n) is 17.0. The Morgan fingerprint density at radius 2 is 1.55 bits per heavy atom. The number of fused-ring (bicyclic) bond motifs is 1. The van der Waals surface area contributed by atoms with Crippen LogP contribution < -0.4 is 4.74 Å². The van der Waals surface area contributed by atoms with Gasteiger partial charge in [-0.05, 0) is 49.4 Å². The number of aromatic nitrogens is 1. The van der Waals surface area contributed by atoms with E-state index in [0.29, 0.717) is 22.6 Å². The van der Waals surface area contributed by atoms with E-state index in [9.17, 15) is 9.59 Å². The molecule has 0 aliphatic heterocycles. The normalized spacial score (nSPS) is 11.3. The van der Waals surface area contributed by atoms with Crippen LogP contribution in [0.4, 0.5) is 0 Å². The molecule has 31 heavy (non-hydrogen) atoms. The highest BCUT2D eigenvalue weighted by Gasteiger charge is 2.19. The van der Waals surface area contributed by atoms with Gasteiger partial charge in [0, 0.05) is 34.3 Å². The van der Waals surface area contributed by atoms with Gasteiger partial charge in [-0.25, -0.2) is 4.79 Å². The van der Waals surface area contributed by atoms with E-state index in [4.69, 9.17) is 9.47 Å². The lowest BCUT2D eigenvalue weighted by Gasteiger charge is -2.08. The molecule has 1 aromatic heterocycles. The fourth-order valence-corrected chi connectivity index (χ4v) is 3.28. The van der Waals surface area contributed by atoms with Crippen LogP contribution in [0.2, 0.25) is 0 Å². The summed E-state index contributed by atoms with van der Waals surface area (Å²) in [5.41, 5.74) is 2.17. The molecule has 0 radical (unpaired) electrons. The number of ketones is 1. The molecule has 0 aliphatic carbocycles. The highest BCUT2D eigenvalue weighted by molar-refractivity contribution is 6.26. The molecule has 0 fully saturated rings. The fourth-order valence-electron chi connectivity index (χ4n) is 3.28. The smallest absolute Gasteiger partial charge is 0.338 e. The number of H-pyrrole nitrogens is 1. The van der Waals surface area contributed by atoms with Crippen molar-refractivity contribution in [1.82, 2.24) is 4.98 Å². The lowest BCUT2D eigenvalue weighted by Crippen LogP contribution is -2.09. The number of hydrogen-bond acceptors (Lipinski definition) is 4. The molecule has 1 N–H and O–H groups in total. The van der Waals surface area contributed by atoms with Crippen LogP contribution in [-0.2, 0) is 9.53 Å². The third-order valence-corrected chi connectivity index (χ3v) is 4.77. The van der Waals surface area contributed by atoms with Crippen molar-refractivity contribution in [1.29, 1.82) is 0 Å². The van der Waals surface area contributed by atoms with Crippen molar-refractivity contribution < 1.29 is 19.1 Å². The Morgan fingerprint density at radius 3 is 2.29 bits per heavy atom. The summed E-state index contributed by atoms with van der Waals surface area (Å²) in [5, 5.41) is 0.848. The van der Waals surface area contributed by atoms with Crippen molar-refractivity contribution in [2.45, 2.75) is 6.92 Å². The van der Waals surface area contributed by atoms with E-state index in [1.807, 2.05) is 54.6 Å². The molecule has 4 aromatic rings. The van der Waals surface area contributed by atoms with E-state index in [1.54, 1.807) is 37.4 Å². The molecule has 0 amide bonds. The summed E-state index contributed by atoms with van der Waals surface area (Å²) >= 11 is 0. The van der Waals surface area contributed by atoms with Crippen LogP contribution in [-0.4, -0.2) is 23.3 Å². The monoisotopic (exact) mass is 411 g/mol. The van der Waals surface area contributed by atoms with Crippen molar-refractivity contribution in [3.8, 4) is 11.5 Å². The predicted molar refractivity (Wildman–Crippen MR) is 120 cm³/mol. The van der Waals surface area contributed by atoms with Crippen LogP contribution >= 0.6 is 0 Å². The van der Waals surface area contributed by atoms with Gasteiger partial charge in [-0.1, -0.05) is 36.4 Å². The van der Waals surface area contributed by atoms with Gasteiger partial charge >= 0.3 is 5.97 Å². The third kappa shape index (κ3) is 4.56. The number of esters is 1. The Labute approximate surface area is 179 Å². The maximum Gasteiger partial charge on any atom is 0.338 e. The van der Waals surface area contributed by atoms with Crippen molar-refractivity contribution in [2.75, 3.05) is 6.61 Å². The molecule has 1 heterocycles. The summed E-state index contributed by atoms with van der Waals surface area (Å²) in [4.78, 5) is 28.7. The van der Waals surface area contributed by atoms with E-state index in [-0.39, 0.29) is 18.0 Å². The highest BCUT2D eigenvalue weighted by Crippen LogP contribution is 2.27. The van der Waals surface area contributed by atoms with Crippen LogP contribution in [0.1, 0.15) is 22.8 Å². The van der Waals surface area contributed by atoms with Crippen molar-refractivity contribution in [2.24, 2.45) is 0 Å². The molecule has 0 bridgehead atoms. The van der Waals surface area contributed by atoms with Crippen LogP contribution in [0.25, 0.3) is 16.5 Å². The van der Waals surface area contributed by atoms with E-state index >= 15 is 0 Å². The minimum Gasteiger partial charge on any atom is -0.462 e. The molecule has 0 saturated carbocycles. The first-order valence-electron chi connectivity index (χ1n) is 9.98. The van der Waals surface area contributed by atoms with Gasteiger partial charge < -0.3 is 14.5 Å². The summed E-state index contributed by atoms with van der Waals surface area (Å²) in [7, 11) is 0. The fraction of sp³-hybridized carbons (Fsp3) is 0.0769. The average molecular weight is 411 g/mol. The quantitative estimate of drug-likeness (QED) is 0.237. The Bertz CT molecular complexity index is 1240. The number of carbonyl (C=O) groups excluding carboxylic acids is 2. The molecular weight excluding hydrogens is 390 g/mol. The van der Waals surface area contributed by atoms with E-state index in [2.05, 4.69) is 4.98 Å². The molecule has 0 spiro atoms. The number of aromatic amines is 1. The van der Waals surface area contributed by atoms with Crippen molar-refractivity contribution in [3.05, 3.63) is 102 Å². The molecular formula is C26H21NO4. The van der Waals surface area contributed by atoms with Crippen molar-refractivity contribution in [3.63, 3.8) is 0 Å². The largest absolute Gasteiger partial charge is 0.462 e. The number of benzene rings is 3. The number of allylic oxidation sites excluding steroid dienone is 1. The summed E-state index contributed by atoms with van der Waals surface area (Å²) in [5.74, 6) is 0.503.